The average molecular weight is 495 g/mol. The first kappa shape index (κ1) is 24.6. The van der Waals surface area contributed by atoms with Gasteiger partial charge in [-0.05, 0) is 67.3 Å². The molecule has 0 aromatic heterocycles. The number of nitrogens with zero attached hydrogens (tertiary/aromatic N) is 1. The number of aryl methyl sites for hydroxylation is 2. The van der Waals surface area contributed by atoms with Crippen LogP contribution in [0.2, 0.25) is 0 Å². The van der Waals surface area contributed by atoms with Gasteiger partial charge in [0.05, 0.1) is 24.5 Å². The first-order valence-corrected chi connectivity index (χ1v) is 13.3. The van der Waals surface area contributed by atoms with E-state index >= 15 is 0 Å². The first-order valence-electron chi connectivity index (χ1n) is 11.5. The number of hydrogen-bond acceptors (Lipinski definition) is 5. The Bertz CT molecular complexity index is 1320. The topological polar surface area (TPSA) is 84.9 Å². The second kappa shape index (κ2) is 10.00. The van der Waals surface area contributed by atoms with Crippen LogP contribution < -0.4 is 19.1 Å². The van der Waals surface area contributed by atoms with E-state index in [1.807, 2.05) is 57.2 Å². The fourth-order valence-electron chi connectivity index (χ4n) is 4.18. The maximum absolute atomic E-state index is 12.8. The zero-order chi connectivity index (χ0) is 25.2. The maximum atomic E-state index is 12.8. The lowest BCUT2D eigenvalue weighted by Gasteiger charge is -2.26. The molecule has 35 heavy (non-hydrogen) atoms. The number of anilines is 1. The second-order valence-corrected chi connectivity index (χ2v) is 10.7. The molecule has 0 bridgehead atoms. The minimum atomic E-state index is -3.51. The minimum absolute atomic E-state index is 0.181. The third kappa shape index (κ3) is 5.59. The number of nitrogens with one attached hydrogen (secondary N) is 1. The molecule has 1 atom stereocenters. The standard InChI is InChI=1S/C27H30N2O5S/c1-18-6-5-7-19(2)26(18)29(35(4,31)32)17-21-8-10-22(11-9-21)27(30)28-20(3)23-12-13-24-25(16-23)34-15-14-33-24/h5-13,16,20H,14-15,17H2,1-4H3,(H,28,30)/t20-/m0/s1. The number of ether oxygens (including phenoxy) is 2. The highest BCUT2D eigenvalue weighted by molar-refractivity contribution is 7.92. The molecule has 8 heteroatoms. The van der Waals surface area contributed by atoms with Gasteiger partial charge in [0.2, 0.25) is 10.0 Å². The molecular weight excluding hydrogens is 464 g/mol. The van der Waals surface area contributed by atoms with Crippen molar-refractivity contribution in [2.75, 3.05) is 23.8 Å². The van der Waals surface area contributed by atoms with Gasteiger partial charge in [-0.25, -0.2) is 8.42 Å². The molecule has 0 unspecified atom stereocenters. The summed E-state index contributed by atoms with van der Waals surface area (Å²) < 4.78 is 37.8. The van der Waals surface area contributed by atoms with Crippen LogP contribution in [0.15, 0.2) is 60.7 Å². The summed E-state index contributed by atoms with van der Waals surface area (Å²) in [6.45, 7) is 6.92. The Kier molecular flexibility index (Phi) is 7.03. The summed E-state index contributed by atoms with van der Waals surface area (Å²) in [7, 11) is -3.51. The van der Waals surface area contributed by atoms with Crippen LogP contribution in [-0.4, -0.2) is 33.8 Å². The monoisotopic (exact) mass is 494 g/mol. The number of para-hydroxylation sites is 1. The fraction of sp³-hybridized carbons (Fsp3) is 0.296. The number of rotatable bonds is 7. The van der Waals surface area contributed by atoms with Crippen LogP contribution in [0.5, 0.6) is 11.5 Å². The molecule has 0 spiro atoms. The Morgan fingerprint density at radius 3 is 2.23 bits per heavy atom. The summed E-state index contributed by atoms with van der Waals surface area (Å²) in [4.78, 5) is 12.8. The van der Waals surface area contributed by atoms with Crippen LogP contribution in [0.25, 0.3) is 0 Å². The van der Waals surface area contributed by atoms with E-state index in [1.165, 1.54) is 10.6 Å². The second-order valence-electron chi connectivity index (χ2n) is 8.81. The number of carbonyl (C=O) groups excluding carboxylic acids is 1. The van der Waals surface area contributed by atoms with Crippen LogP contribution >= 0.6 is 0 Å². The Balaban J connectivity index is 1.47. The lowest BCUT2D eigenvalue weighted by Crippen LogP contribution is -2.30. The van der Waals surface area contributed by atoms with Crippen molar-refractivity contribution in [2.45, 2.75) is 33.4 Å². The smallest absolute Gasteiger partial charge is 0.251 e. The SMILES string of the molecule is Cc1cccc(C)c1N(Cc1ccc(C(=O)N[C@@H](C)c2ccc3c(c2)OCCO3)cc1)S(C)(=O)=O. The van der Waals surface area contributed by atoms with E-state index in [9.17, 15) is 13.2 Å². The molecule has 4 rings (SSSR count). The number of carbonyl (C=O) groups is 1. The Morgan fingerprint density at radius 1 is 0.971 bits per heavy atom. The molecule has 1 aliphatic rings. The number of benzene rings is 3. The van der Waals surface area contributed by atoms with E-state index in [1.54, 1.807) is 24.3 Å². The van der Waals surface area contributed by atoms with Gasteiger partial charge in [0.15, 0.2) is 11.5 Å². The molecule has 1 amide bonds. The van der Waals surface area contributed by atoms with Crippen LogP contribution in [0.3, 0.4) is 0 Å². The molecule has 3 aromatic carbocycles. The van der Waals surface area contributed by atoms with Gasteiger partial charge in [-0.1, -0.05) is 36.4 Å². The van der Waals surface area contributed by atoms with E-state index in [4.69, 9.17) is 9.47 Å². The van der Waals surface area contributed by atoms with Crippen molar-refractivity contribution in [3.05, 3.63) is 88.5 Å². The third-order valence-corrected chi connectivity index (χ3v) is 7.16. The van der Waals surface area contributed by atoms with Crippen molar-refractivity contribution < 1.29 is 22.7 Å². The summed E-state index contributed by atoms with van der Waals surface area (Å²) in [5.41, 5.74) is 4.66. The summed E-state index contributed by atoms with van der Waals surface area (Å²) in [6, 6.07) is 18.1. The normalized spacial score (nSPS) is 13.7. The summed E-state index contributed by atoms with van der Waals surface area (Å²) in [5, 5.41) is 3.00. The number of fused-ring (bicyclic) bond motifs is 1. The maximum Gasteiger partial charge on any atom is 0.251 e. The molecule has 0 saturated heterocycles. The number of sulfonamides is 1. The molecule has 0 aliphatic carbocycles. The zero-order valence-electron chi connectivity index (χ0n) is 20.4. The van der Waals surface area contributed by atoms with Gasteiger partial charge < -0.3 is 14.8 Å². The Hall–Kier alpha value is -3.52. The Labute approximate surface area is 206 Å². The Morgan fingerprint density at radius 2 is 1.60 bits per heavy atom. The van der Waals surface area contributed by atoms with E-state index < -0.39 is 10.0 Å². The molecule has 1 N–H and O–H groups in total. The van der Waals surface area contributed by atoms with Crippen molar-refractivity contribution >= 4 is 21.6 Å². The van der Waals surface area contributed by atoms with Crippen molar-refractivity contribution in [3.8, 4) is 11.5 Å². The van der Waals surface area contributed by atoms with Crippen molar-refractivity contribution in [1.29, 1.82) is 0 Å². The van der Waals surface area contributed by atoms with Crippen molar-refractivity contribution in [3.63, 3.8) is 0 Å². The summed E-state index contributed by atoms with van der Waals surface area (Å²) in [6.07, 6.45) is 1.21. The van der Waals surface area contributed by atoms with E-state index in [2.05, 4.69) is 5.32 Å². The van der Waals surface area contributed by atoms with Crippen molar-refractivity contribution in [1.82, 2.24) is 5.32 Å². The largest absolute Gasteiger partial charge is 0.486 e. The van der Waals surface area contributed by atoms with E-state index in [0.717, 1.165) is 22.3 Å². The van der Waals surface area contributed by atoms with Gasteiger partial charge in [-0.3, -0.25) is 9.10 Å². The predicted molar refractivity (Wildman–Crippen MR) is 137 cm³/mol. The van der Waals surface area contributed by atoms with Gasteiger partial charge in [-0.15, -0.1) is 0 Å². The van der Waals surface area contributed by atoms with Gasteiger partial charge in [0, 0.05) is 5.56 Å². The van der Waals surface area contributed by atoms with Crippen molar-refractivity contribution in [2.24, 2.45) is 0 Å². The highest BCUT2D eigenvalue weighted by Gasteiger charge is 2.22. The molecule has 0 fully saturated rings. The van der Waals surface area contributed by atoms with Gasteiger partial charge in [0.1, 0.15) is 13.2 Å². The lowest BCUT2D eigenvalue weighted by molar-refractivity contribution is 0.0939. The highest BCUT2D eigenvalue weighted by atomic mass is 32.2. The van der Waals surface area contributed by atoms with Gasteiger partial charge in [0.25, 0.3) is 5.91 Å². The fourth-order valence-corrected chi connectivity index (χ4v) is 5.18. The van der Waals surface area contributed by atoms with Crippen LogP contribution in [0.1, 0.15) is 45.6 Å². The summed E-state index contributed by atoms with van der Waals surface area (Å²) >= 11 is 0. The molecule has 184 valence electrons. The highest BCUT2D eigenvalue weighted by Crippen LogP contribution is 2.33. The number of hydrogen-bond donors (Lipinski definition) is 1. The van der Waals surface area contributed by atoms with Gasteiger partial charge in [-0.2, -0.15) is 0 Å². The van der Waals surface area contributed by atoms with E-state index in [-0.39, 0.29) is 18.5 Å². The van der Waals surface area contributed by atoms with Gasteiger partial charge >= 0.3 is 0 Å². The molecule has 0 radical (unpaired) electrons. The molecule has 0 saturated carbocycles. The quantitative estimate of drug-likeness (QED) is 0.522. The summed E-state index contributed by atoms with van der Waals surface area (Å²) in [5.74, 6) is 1.17. The molecular formula is C27H30N2O5S. The van der Waals surface area contributed by atoms with Crippen LogP contribution in [-0.2, 0) is 16.6 Å². The van der Waals surface area contributed by atoms with E-state index in [0.29, 0.717) is 36.0 Å². The predicted octanol–water partition coefficient (Wildman–Crippen LogP) is 4.53. The molecule has 1 heterocycles. The zero-order valence-corrected chi connectivity index (χ0v) is 21.2. The molecule has 7 nitrogen and oxygen atoms in total. The number of amides is 1. The molecule has 1 aliphatic heterocycles. The van der Waals surface area contributed by atoms with Crippen LogP contribution in [0, 0.1) is 13.8 Å². The first-order chi connectivity index (χ1) is 16.6. The third-order valence-electron chi connectivity index (χ3n) is 6.05. The average Bonchev–Trinajstić information content (AvgIpc) is 2.82. The molecule has 3 aromatic rings. The minimum Gasteiger partial charge on any atom is -0.486 e. The lowest BCUT2D eigenvalue weighted by atomic mass is 10.1. The van der Waals surface area contributed by atoms with Crippen LogP contribution in [0.4, 0.5) is 5.69 Å².